The van der Waals surface area contributed by atoms with Gasteiger partial charge in [-0.1, -0.05) is 6.07 Å². The van der Waals surface area contributed by atoms with Crippen molar-refractivity contribution in [3.63, 3.8) is 0 Å². The van der Waals surface area contributed by atoms with Gasteiger partial charge in [0.1, 0.15) is 0 Å². The summed E-state index contributed by atoms with van der Waals surface area (Å²) in [5.74, 6) is 0.189. The van der Waals surface area contributed by atoms with E-state index in [9.17, 15) is 8.42 Å². The molecule has 0 unspecified atom stereocenters. The molecule has 21 heavy (non-hydrogen) atoms. The van der Waals surface area contributed by atoms with Crippen molar-refractivity contribution < 1.29 is 8.42 Å². The number of nitrogens with zero attached hydrogens (tertiary/aromatic N) is 3. The van der Waals surface area contributed by atoms with Gasteiger partial charge in [0.05, 0.1) is 10.6 Å². The molecular weight excluding hydrogens is 356 g/mol. The van der Waals surface area contributed by atoms with Crippen molar-refractivity contribution in [2.45, 2.75) is 11.8 Å². The largest absolute Gasteiger partial charge is 0.368 e. The van der Waals surface area contributed by atoms with E-state index in [0.717, 1.165) is 11.1 Å². The number of anilines is 1. The second-order valence-corrected chi connectivity index (χ2v) is 7.63. The zero-order valence-electron chi connectivity index (χ0n) is 11.8. The molecule has 0 bridgehead atoms. The van der Waals surface area contributed by atoms with Gasteiger partial charge < -0.3 is 5.73 Å². The standard InChI is InChI=1S/C13H15BrN4O2S/c1-8-10(7-16-13(15)17-8)9-4-5-11(14)12(6-9)21(19,20)18(2)3/h4-7H,1-3H3,(H2,15,16,17). The highest BCUT2D eigenvalue weighted by Gasteiger charge is 2.21. The summed E-state index contributed by atoms with van der Waals surface area (Å²) in [6, 6.07) is 5.10. The molecule has 0 fully saturated rings. The number of hydrogen-bond acceptors (Lipinski definition) is 5. The molecule has 0 spiro atoms. The van der Waals surface area contributed by atoms with Crippen molar-refractivity contribution in [2.24, 2.45) is 0 Å². The first-order chi connectivity index (χ1) is 9.73. The molecule has 8 heteroatoms. The second kappa shape index (κ2) is 5.70. The van der Waals surface area contributed by atoms with Gasteiger partial charge in [0.2, 0.25) is 16.0 Å². The molecule has 1 heterocycles. The summed E-state index contributed by atoms with van der Waals surface area (Å²) in [7, 11) is -0.554. The fourth-order valence-electron chi connectivity index (χ4n) is 1.83. The fourth-order valence-corrected chi connectivity index (χ4v) is 3.68. The molecule has 1 aromatic heterocycles. The lowest BCUT2D eigenvalue weighted by atomic mass is 10.1. The minimum atomic E-state index is -3.54. The van der Waals surface area contributed by atoms with Crippen LogP contribution in [0.1, 0.15) is 5.69 Å². The van der Waals surface area contributed by atoms with Crippen molar-refractivity contribution in [3.8, 4) is 11.1 Å². The first kappa shape index (κ1) is 15.9. The average molecular weight is 371 g/mol. The summed E-state index contributed by atoms with van der Waals surface area (Å²) in [6.07, 6.45) is 1.59. The van der Waals surface area contributed by atoms with E-state index in [2.05, 4.69) is 25.9 Å². The summed E-state index contributed by atoms with van der Waals surface area (Å²) >= 11 is 3.28. The Labute approximate surface area is 132 Å². The molecule has 0 aliphatic heterocycles. The van der Waals surface area contributed by atoms with E-state index in [1.165, 1.54) is 18.4 Å². The molecule has 2 N–H and O–H groups in total. The molecule has 6 nitrogen and oxygen atoms in total. The minimum Gasteiger partial charge on any atom is -0.368 e. The van der Waals surface area contributed by atoms with Crippen LogP contribution >= 0.6 is 15.9 Å². The van der Waals surface area contributed by atoms with Gasteiger partial charge in [-0.2, -0.15) is 0 Å². The molecule has 0 aliphatic carbocycles. The SMILES string of the molecule is Cc1nc(N)ncc1-c1ccc(Br)c(S(=O)(=O)N(C)C)c1. The van der Waals surface area contributed by atoms with Gasteiger partial charge in [-0.3, -0.25) is 0 Å². The summed E-state index contributed by atoms with van der Waals surface area (Å²) in [6.45, 7) is 1.80. The molecule has 0 aliphatic rings. The van der Waals surface area contributed by atoms with E-state index < -0.39 is 10.0 Å². The van der Waals surface area contributed by atoms with Gasteiger partial charge in [0.25, 0.3) is 0 Å². The van der Waals surface area contributed by atoms with Crippen LogP contribution in [0.4, 0.5) is 5.95 Å². The quantitative estimate of drug-likeness (QED) is 0.892. The Balaban J connectivity index is 2.64. The Bertz CT molecular complexity index is 791. The smallest absolute Gasteiger partial charge is 0.243 e. The average Bonchev–Trinajstić information content (AvgIpc) is 2.39. The van der Waals surface area contributed by atoms with Crippen molar-refractivity contribution in [2.75, 3.05) is 19.8 Å². The number of halogens is 1. The maximum atomic E-state index is 12.3. The maximum absolute atomic E-state index is 12.3. The lowest BCUT2D eigenvalue weighted by molar-refractivity contribution is 0.520. The number of benzene rings is 1. The summed E-state index contributed by atoms with van der Waals surface area (Å²) in [4.78, 5) is 8.25. The Morgan fingerprint density at radius 3 is 2.52 bits per heavy atom. The molecule has 0 atom stereocenters. The molecule has 1 aromatic carbocycles. The lowest BCUT2D eigenvalue weighted by Crippen LogP contribution is -2.22. The summed E-state index contributed by atoms with van der Waals surface area (Å²) in [5, 5.41) is 0. The van der Waals surface area contributed by atoms with Crippen molar-refractivity contribution in [3.05, 3.63) is 34.6 Å². The monoisotopic (exact) mass is 370 g/mol. The fraction of sp³-hybridized carbons (Fsp3) is 0.231. The molecule has 0 saturated heterocycles. The molecular formula is C13H15BrN4O2S. The lowest BCUT2D eigenvalue weighted by Gasteiger charge is -2.14. The highest BCUT2D eigenvalue weighted by Crippen LogP contribution is 2.30. The normalized spacial score (nSPS) is 11.9. The number of sulfonamides is 1. The number of rotatable bonds is 3. The van der Waals surface area contributed by atoms with Crippen LogP contribution in [0.5, 0.6) is 0 Å². The predicted molar refractivity (Wildman–Crippen MR) is 85.2 cm³/mol. The predicted octanol–water partition coefficient (Wildman–Crippen LogP) is 2.05. The number of aromatic nitrogens is 2. The number of nitrogen functional groups attached to an aromatic ring is 1. The first-order valence-corrected chi connectivity index (χ1v) is 8.28. The Morgan fingerprint density at radius 2 is 1.95 bits per heavy atom. The van der Waals surface area contributed by atoms with Crippen LogP contribution in [-0.2, 0) is 10.0 Å². The molecule has 2 aromatic rings. The van der Waals surface area contributed by atoms with Crippen molar-refractivity contribution in [1.82, 2.24) is 14.3 Å². The van der Waals surface area contributed by atoms with E-state index in [1.54, 1.807) is 31.3 Å². The van der Waals surface area contributed by atoms with Crippen LogP contribution in [0.15, 0.2) is 33.8 Å². The van der Waals surface area contributed by atoms with Crippen LogP contribution in [0.3, 0.4) is 0 Å². The van der Waals surface area contributed by atoms with Crippen LogP contribution in [0.2, 0.25) is 0 Å². The van der Waals surface area contributed by atoms with Crippen LogP contribution in [0, 0.1) is 6.92 Å². The number of hydrogen-bond donors (Lipinski definition) is 1. The van der Waals surface area contributed by atoms with E-state index in [4.69, 9.17) is 5.73 Å². The third-order valence-corrected chi connectivity index (χ3v) is 5.81. The summed E-state index contributed by atoms with van der Waals surface area (Å²) in [5.41, 5.74) is 7.69. The third-order valence-electron chi connectivity index (χ3n) is 3.00. The first-order valence-electron chi connectivity index (χ1n) is 6.05. The molecule has 0 amide bonds. The van der Waals surface area contributed by atoms with Gasteiger partial charge in [-0.25, -0.2) is 22.7 Å². The van der Waals surface area contributed by atoms with Gasteiger partial charge in [-0.05, 0) is 40.5 Å². The van der Waals surface area contributed by atoms with Gasteiger partial charge >= 0.3 is 0 Å². The zero-order chi connectivity index (χ0) is 15.8. The third kappa shape index (κ3) is 3.07. The molecule has 2 rings (SSSR count). The van der Waals surface area contributed by atoms with E-state index >= 15 is 0 Å². The van der Waals surface area contributed by atoms with Gasteiger partial charge in [0, 0.05) is 30.3 Å². The Hall–Kier alpha value is -1.51. The Kier molecular flexibility index (Phi) is 4.31. The van der Waals surface area contributed by atoms with E-state index in [1.807, 2.05) is 0 Å². The maximum Gasteiger partial charge on any atom is 0.243 e. The molecule has 0 radical (unpaired) electrons. The summed E-state index contributed by atoms with van der Waals surface area (Å²) < 4.78 is 26.3. The highest BCUT2D eigenvalue weighted by atomic mass is 79.9. The van der Waals surface area contributed by atoms with Crippen molar-refractivity contribution in [1.29, 1.82) is 0 Å². The van der Waals surface area contributed by atoms with Crippen molar-refractivity contribution >= 4 is 31.9 Å². The number of aryl methyl sites for hydroxylation is 1. The van der Waals surface area contributed by atoms with Crippen LogP contribution < -0.4 is 5.73 Å². The van der Waals surface area contributed by atoms with Crippen LogP contribution in [-0.4, -0.2) is 36.8 Å². The topological polar surface area (TPSA) is 89.2 Å². The van der Waals surface area contributed by atoms with Gasteiger partial charge in [-0.15, -0.1) is 0 Å². The van der Waals surface area contributed by atoms with Crippen LogP contribution in [0.25, 0.3) is 11.1 Å². The molecule has 0 saturated carbocycles. The van der Waals surface area contributed by atoms with E-state index in [0.29, 0.717) is 10.2 Å². The van der Waals surface area contributed by atoms with E-state index in [-0.39, 0.29) is 10.8 Å². The highest BCUT2D eigenvalue weighted by molar-refractivity contribution is 9.10. The number of nitrogens with two attached hydrogens (primary N) is 1. The zero-order valence-corrected chi connectivity index (χ0v) is 14.2. The Morgan fingerprint density at radius 1 is 1.29 bits per heavy atom. The second-order valence-electron chi connectivity index (χ2n) is 4.66. The minimum absolute atomic E-state index is 0.189. The van der Waals surface area contributed by atoms with Gasteiger partial charge in [0.15, 0.2) is 0 Å². The molecule has 112 valence electrons.